The first-order valence-corrected chi connectivity index (χ1v) is 26.3. The largest absolute Gasteiger partial charge is 0.379 e. The fourth-order valence-corrected chi connectivity index (χ4v) is 11.0. The van der Waals surface area contributed by atoms with Gasteiger partial charge in [0.2, 0.25) is 0 Å². The highest BCUT2D eigenvalue weighted by Crippen LogP contribution is 2.29. The molecule has 0 atom stereocenters. The second kappa shape index (κ2) is 20.4. The summed E-state index contributed by atoms with van der Waals surface area (Å²) >= 11 is 0. The molecule has 0 saturated carbocycles. The van der Waals surface area contributed by atoms with Gasteiger partial charge in [-0.1, -0.05) is 54.6 Å². The molecule has 0 unspecified atom stereocenters. The highest BCUT2D eigenvalue weighted by Gasteiger charge is 2.25. The lowest BCUT2D eigenvalue weighted by molar-refractivity contribution is 0.261. The number of rotatable bonds is 16. The van der Waals surface area contributed by atoms with Crippen molar-refractivity contribution in [2.75, 3.05) is 21.3 Å². The van der Waals surface area contributed by atoms with Crippen LogP contribution in [0.15, 0.2) is 177 Å². The summed E-state index contributed by atoms with van der Waals surface area (Å²) in [5, 5.41) is 10.2. The summed E-state index contributed by atoms with van der Waals surface area (Å²) in [5.41, 5.74) is 2.96. The van der Waals surface area contributed by atoms with E-state index in [1.54, 1.807) is 52.0 Å². The normalized spacial score (nSPS) is 11.7. The van der Waals surface area contributed by atoms with Crippen LogP contribution in [0.3, 0.4) is 0 Å². The summed E-state index contributed by atoms with van der Waals surface area (Å²) in [6, 6.07) is 34.5. The minimum Gasteiger partial charge on any atom is -0.379 e. The van der Waals surface area contributed by atoms with Crippen LogP contribution in [-0.4, -0.2) is 45.7 Å². The van der Waals surface area contributed by atoms with Crippen molar-refractivity contribution < 1.29 is 60.0 Å². The zero-order valence-electron chi connectivity index (χ0n) is 37.4. The zero-order valence-corrected chi connectivity index (χ0v) is 40.6. The first-order chi connectivity index (χ1) is 33.0. The molecule has 0 aliphatic rings. The predicted molar refractivity (Wildman–Crippen MR) is 261 cm³/mol. The van der Waals surface area contributed by atoms with Crippen molar-refractivity contribution in [2.45, 2.75) is 47.3 Å². The highest BCUT2D eigenvalue weighted by molar-refractivity contribution is 7.88. The maximum Gasteiger partial charge on any atom is 0.339 e. The van der Waals surface area contributed by atoms with Gasteiger partial charge in [-0.3, -0.25) is 0 Å². The molecule has 0 fully saturated rings. The molecule has 22 heteroatoms. The summed E-state index contributed by atoms with van der Waals surface area (Å²) in [7, 11) is -17.8. The Morgan fingerprint density at radius 2 is 0.629 bits per heavy atom. The van der Waals surface area contributed by atoms with E-state index in [1.165, 1.54) is 109 Å². The molecule has 70 heavy (non-hydrogen) atoms. The third-order valence-corrected chi connectivity index (χ3v) is 15.1. The second-order valence-electron chi connectivity index (χ2n) is 15.4. The Bertz CT molecular complexity index is 3390. The molecule has 7 aromatic carbocycles. The fourth-order valence-electron chi connectivity index (χ4n) is 6.52. The van der Waals surface area contributed by atoms with E-state index in [0.717, 1.165) is 35.4 Å². The number of anilines is 4. The van der Waals surface area contributed by atoms with Gasteiger partial charge in [0.15, 0.2) is 0 Å². The Labute approximate surface area is 404 Å². The molecule has 0 heterocycles. The molecule has 4 N–H and O–H groups in total. The summed E-state index contributed by atoms with van der Waals surface area (Å²) < 4.78 is 127. The van der Waals surface area contributed by atoms with E-state index in [2.05, 4.69) is 21.3 Å². The van der Waals surface area contributed by atoms with Crippen molar-refractivity contribution >= 4 is 75.3 Å². The van der Waals surface area contributed by atoms with Gasteiger partial charge >= 0.3 is 52.5 Å². The van der Waals surface area contributed by atoms with Crippen LogP contribution in [0.25, 0.3) is 0 Å². The van der Waals surface area contributed by atoms with Gasteiger partial charge in [-0.05, 0) is 129 Å². The monoisotopic (exact) mass is 1030 g/mol. The van der Waals surface area contributed by atoms with Crippen LogP contribution in [0.5, 0.6) is 23.0 Å². The van der Waals surface area contributed by atoms with Crippen molar-refractivity contribution in [3.05, 3.63) is 180 Å². The van der Waals surface area contributed by atoms with E-state index in [0.29, 0.717) is 11.1 Å². The number of amides is 4. The molecule has 0 spiro atoms. The Kier molecular flexibility index (Phi) is 14.5. The van der Waals surface area contributed by atoms with E-state index in [9.17, 15) is 43.3 Å². The third kappa shape index (κ3) is 12.8. The molecule has 18 nitrogen and oxygen atoms in total. The maximum absolute atomic E-state index is 13.4. The van der Waals surface area contributed by atoms with Crippen LogP contribution in [0, 0.1) is 27.7 Å². The topological polar surface area (TPSA) is 256 Å². The van der Waals surface area contributed by atoms with Crippen LogP contribution in [0.2, 0.25) is 0 Å². The average molecular weight is 1030 g/mol. The number of benzene rings is 7. The van der Waals surface area contributed by atoms with Crippen LogP contribution in [0.1, 0.15) is 22.3 Å². The molecule has 0 aromatic heterocycles. The number of hydrogen-bond donors (Lipinski definition) is 4. The van der Waals surface area contributed by atoms with E-state index in [4.69, 9.17) is 16.7 Å². The number of urea groups is 2. The second-order valence-corrected chi connectivity index (χ2v) is 21.6. The molecule has 4 amide bonds. The van der Waals surface area contributed by atoms with Gasteiger partial charge in [0.05, 0.1) is 0 Å². The van der Waals surface area contributed by atoms with Crippen molar-refractivity contribution in [3.63, 3.8) is 0 Å². The number of aryl methyl sites for hydroxylation is 4. The minimum atomic E-state index is -4.69. The standard InChI is InChI=1S/C48H42N4O14S4/c1-31-20-22-33(3)45(24-31)69(59,60)65-41-16-7-12-37(28-41)51-47(53)49-35-10-5-14-39(26-35)63-67(55,56)43-18-9-19-44(30-43)68(57,58)64-40-15-6-11-36(27-40)50-48(54)52-38-13-8-17-42(29-38)66-70(61,62)46-25-32(2)21-23-34(46)4/h5-30H,1-4H3,(H2,49,51,53)(H2,50,52,54). The molecular weight excluding hydrogens is 985 g/mol. The molecule has 7 aromatic rings. The SMILES string of the molecule is Cc1ccc(C)c(S(=O)(=O)Oc2cccc(NC(=O)Nc3cccc(OS(=O)(=O)c4cccc(S(=O)(=O)Oc5cccc(NC(=O)Nc6cccc(OS(=O)(=O)c7cc(C)ccc7C)c6)c5)c4)c3)c2)c1. The van der Waals surface area contributed by atoms with Gasteiger partial charge in [0.1, 0.15) is 42.6 Å². The smallest absolute Gasteiger partial charge is 0.339 e. The maximum atomic E-state index is 13.4. The van der Waals surface area contributed by atoms with Crippen LogP contribution < -0.4 is 38.0 Å². The number of carbonyl (C=O) groups excluding carboxylic acids is 2. The van der Waals surface area contributed by atoms with E-state index < -0.39 is 62.3 Å². The number of hydrogen-bond acceptors (Lipinski definition) is 14. The summed E-state index contributed by atoms with van der Waals surface area (Å²) in [6.45, 7) is 6.78. The summed E-state index contributed by atoms with van der Waals surface area (Å²) in [5.74, 6) is -0.617. The molecule has 0 saturated heterocycles. The van der Waals surface area contributed by atoms with Crippen molar-refractivity contribution in [3.8, 4) is 23.0 Å². The van der Waals surface area contributed by atoms with Crippen molar-refractivity contribution in [1.82, 2.24) is 0 Å². The van der Waals surface area contributed by atoms with E-state index in [1.807, 2.05) is 0 Å². The Balaban J connectivity index is 0.951. The Morgan fingerprint density at radius 1 is 0.343 bits per heavy atom. The van der Waals surface area contributed by atoms with E-state index >= 15 is 0 Å². The van der Waals surface area contributed by atoms with Crippen molar-refractivity contribution in [2.24, 2.45) is 0 Å². The van der Waals surface area contributed by atoms with Gasteiger partial charge in [-0.15, -0.1) is 0 Å². The summed E-state index contributed by atoms with van der Waals surface area (Å²) in [4.78, 5) is 24.8. The quantitative estimate of drug-likeness (QED) is 0.0658. The van der Waals surface area contributed by atoms with E-state index in [-0.39, 0.29) is 55.5 Å². The molecular formula is C48H42N4O14S4. The van der Waals surface area contributed by atoms with Gasteiger partial charge in [-0.2, -0.15) is 33.7 Å². The fraction of sp³-hybridized carbons (Fsp3) is 0.0833. The average Bonchev–Trinajstić information content (AvgIpc) is 3.28. The molecule has 0 bridgehead atoms. The van der Waals surface area contributed by atoms with Crippen molar-refractivity contribution in [1.29, 1.82) is 0 Å². The van der Waals surface area contributed by atoms with Gasteiger partial charge < -0.3 is 38.0 Å². The lowest BCUT2D eigenvalue weighted by Crippen LogP contribution is -2.19. The zero-order chi connectivity index (χ0) is 50.4. The van der Waals surface area contributed by atoms with Gasteiger partial charge in [-0.25, -0.2) is 9.59 Å². The van der Waals surface area contributed by atoms with Crippen LogP contribution in [-0.2, 0) is 40.5 Å². The Hall–Kier alpha value is -7.92. The number of carbonyl (C=O) groups is 2. The highest BCUT2D eigenvalue weighted by atomic mass is 32.2. The third-order valence-electron chi connectivity index (χ3n) is 9.80. The first-order valence-electron chi connectivity index (χ1n) is 20.6. The summed E-state index contributed by atoms with van der Waals surface area (Å²) in [6.07, 6.45) is 0. The molecule has 0 aliphatic heterocycles. The minimum absolute atomic E-state index is 0.000956. The van der Waals surface area contributed by atoms with Gasteiger partial charge in [0.25, 0.3) is 0 Å². The molecule has 362 valence electrons. The van der Waals surface area contributed by atoms with Crippen LogP contribution >= 0.6 is 0 Å². The number of nitrogens with one attached hydrogen (secondary N) is 4. The predicted octanol–water partition coefficient (Wildman–Crippen LogP) is 9.28. The molecule has 0 radical (unpaired) electrons. The molecule has 7 rings (SSSR count). The Morgan fingerprint density at radius 3 is 0.943 bits per heavy atom. The van der Waals surface area contributed by atoms with Gasteiger partial charge in [0, 0.05) is 47.0 Å². The lowest BCUT2D eigenvalue weighted by Gasteiger charge is -2.13. The first kappa shape index (κ1) is 50.0. The molecule has 0 aliphatic carbocycles. The van der Waals surface area contributed by atoms with Crippen LogP contribution in [0.4, 0.5) is 32.3 Å². The lowest BCUT2D eigenvalue weighted by atomic mass is 10.2.